The van der Waals surface area contributed by atoms with Gasteiger partial charge in [-0.2, -0.15) is 0 Å². The maximum Gasteiger partial charge on any atom is 0.339 e. The Kier molecular flexibility index (Phi) is 4.04. The van der Waals surface area contributed by atoms with Gasteiger partial charge in [-0.3, -0.25) is 0 Å². The molecule has 1 aliphatic rings. The van der Waals surface area contributed by atoms with Crippen molar-refractivity contribution in [3.8, 4) is 0 Å². The zero-order chi connectivity index (χ0) is 14.0. The molecule has 0 heterocycles. The number of anilines is 1. The number of carbonyl (C=O) groups excluding carboxylic acids is 1. The summed E-state index contributed by atoms with van der Waals surface area (Å²) < 4.78 is 5.53. The van der Waals surface area contributed by atoms with Gasteiger partial charge in [-0.25, -0.2) is 4.79 Å². The maximum atomic E-state index is 12.1. The van der Waals surface area contributed by atoms with Gasteiger partial charge < -0.3 is 10.5 Å². The average Bonchev–Trinajstić information content (AvgIpc) is 2.31. The van der Waals surface area contributed by atoms with E-state index in [2.05, 4.69) is 13.8 Å². The van der Waals surface area contributed by atoms with Crippen molar-refractivity contribution in [3.63, 3.8) is 0 Å². The van der Waals surface area contributed by atoms with E-state index in [0.717, 1.165) is 25.7 Å². The number of rotatable bonds is 2. The van der Waals surface area contributed by atoms with Crippen LogP contribution in [0.3, 0.4) is 0 Å². The molecule has 2 rings (SSSR count). The van der Waals surface area contributed by atoms with E-state index in [-0.39, 0.29) is 12.1 Å². The second-order valence-corrected chi connectivity index (χ2v) is 6.42. The molecule has 2 N–H and O–H groups in total. The third-order valence-corrected chi connectivity index (χ3v) is 4.09. The zero-order valence-electron chi connectivity index (χ0n) is 11.4. The fraction of sp³-hybridized carbons (Fsp3) is 0.533. The van der Waals surface area contributed by atoms with Crippen LogP contribution in [0.5, 0.6) is 0 Å². The number of ether oxygens (including phenoxy) is 1. The first-order chi connectivity index (χ1) is 8.87. The smallest absolute Gasteiger partial charge is 0.339 e. The molecule has 104 valence electrons. The van der Waals surface area contributed by atoms with Gasteiger partial charge in [0.25, 0.3) is 0 Å². The van der Waals surface area contributed by atoms with Crippen LogP contribution in [0.4, 0.5) is 5.69 Å². The Hall–Kier alpha value is -1.22. The van der Waals surface area contributed by atoms with Crippen molar-refractivity contribution in [1.82, 2.24) is 0 Å². The van der Waals surface area contributed by atoms with Crippen LogP contribution in [0.1, 0.15) is 49.9 Å². The molecular weight excluding hydrogens is 262 g/mol. The van der Waals surface area contributed by atoms with Gasteiger partial charge in [0.15, 0.2) is 0 Å². The minimum atomic E-state index is -0.352. The van der Waals surface area contributed by atoms with Crippen LogP contribution >= 0.6 is 11.6 Å². The van der Waals surface area contributed by atoms with Crippen LogP contribution in [0, 0.1) is 5.41 Å². The quantitative estimate of drug-likeness (QED) is 0.657. The van der Waals surface area contributed by atoms with Crippen molar-refractivity contribution in [2.45, 2.75) is 45.6 Å². The van der Waals surface area contributed by atoms with Crippen LogP contribution in [-0.4, -0.2) is 12.1 Å². The summed E-state index contributed by atoms with van der Waals surface area (Å²) in [6.07, 6.45) is 4.02. The van der Waals surface area contributed by atoms with Crippen molar-refractivity contribution in [3.05, 3.63) is 28.8 Å². The molecule has 19 heavy (non-hydrogen) atoms. The van der Waals surface area contributed by atoms with E-state index in [0.29, 0.717) is 21.7 Å². The summed E-state index contributed by atoms with van der Waals surface area (Å²) >= 11 is 6.01. The third kappa shape index (κ3) is 3.63. The zero-order valence-corrected chi connectivity index (χ0v) is 12.2. The number of hydrogen-bond donors (Lipinski definition) is 1. The summed E-state index contributed by atoms with van der Waals surface area (Å²) in [5.41, 5.74) is 6.90. The number of hydrogen-bond acceptors (Lipinski definition) is 3. The molecule has 1 aromatic carbocycles. The van der Waals surface area contributed by atoms with Crippen LogP contribution < -0.4 is 5.73 Å². The molecule has 0 aliphatic heterocycles. The monoisotopic (exact) mass is 281 g/mol. The normalized spacial score (nSPS) is 19.1. The van der Waals surface area contributed by atoms with Crippen LogP contribution in [0.15, 0.2) is 18.2 Å². The first kappa shape index (κ1) is 14.2. The Morgan fingerprint density at radius 1 is 1.37 bits per heavy atom. The van der Waals surface area contributed by atoms with E-state index in [9.17, 15) is 4.79 Å². The van der Waals surface area contributed by atoms with Gasteiger partial charge in [-0.05, 0) is 49.3 Å². The number of halogens is 1. The predicted molar refractivity (Wildman–Crippen MR) is 77.3 cm³/mol. The molecule has 1 fully saturated rings. The standard InChI is InChI=1S/C15H20ClNO2/c1-15(2)7-5-11(6-8-15)19-14(18)12-4-3-10(17)9-13(12)16/h3-4,9,11H,5-8,17H2,1-2H3. The summed E-state index contributed by atoms with van der Waals surface area (Å²) in [5, 5.41) is 0.348. The molecule has 1 saturated carbocycles. The Bertz CT molecular complexity index is 475. The van der Waals surface area contributed by atoms with E-state index < -0.39 is 0 Å². The molecule has 4 heteroatoms. The first-order valence-corrected chi connectivity index (χ1v) is 7.01. The molecule has 1 aliphatic carbocycles. The second kappa shape index (κ2) is 5.41. The van der Waals surface area contributed by atoms with Crippen molar-refractivity contribution in [2.75, 3.05) is 5.73 Å². The topological polar surface area (TPSA) is 52.3 Å². The fourth-order valence-electron chi connectivity index (χ4n) is 2.40. The first-order valence-electron chi connectivity index (χ1n) is 6.63. The van der Waals surface area contributed by atoms with Gasteiger partial charge in [0.2, 0.25) is 0 Å². The van der Waals surface area contributed by atoms with Crippen LogP contribution in [0.2, 0.25) is 5.02 Å². The van der Waals surface area contributed by atoms with Gasteiger partial charge in [0.1, 0.15) is 6.10 Å². The lowest BCUT2D eigenvalue weighted by atomic mass is 9.76. The third-order valence-electron chi connectivity index (χ3n) is 3.77. The number of carbonyl (C=O) groups is 1. The summed E-state index contributed by atoms with van der Waals surface area (Å²) in [4.78, 5) is 12.1. The molecule has 0 radical (unpaired) electrons. The molecule has 0 bridgehead atoms. The number of nitrogen functional groups attached to an aromatic ring is 1. The highest BCUT2D eigenvalue weighted by atomic mass is 35.5. The van der Waals surface area contributed by atoms with Crippen LogP contribution in [0.25, 0.3) is 0 Å². The Morgan fingerprint density at radius 2 is 2.00 bits per heavy atom. The van der Waals surface area contributed by atoms with Gasteiger partial charge in [-0.15, -0.1) is 0 Å². The minimum Gasteiger partial charge on any atom is -0.459 e. The van der Waals surface area contributed by atoms with Gasteiger partial charge in [-0.1, -0.05) is 25.4 Å². The molecule has 0 amide bonds. The maximum absolute atomic E-state index is 12.1. The fourth-order valence-corrected chi connectivity index (χ4v) is 2.67. The Morgan fingerprint density at radius 3 is 2.58 bits per heavy atom. The molecule has 3 nitrogen and oxygen atoms in total. The lowest BCUT2D eigenvalue weighted by Crippen LogP contribution is -2.28. The van der Waals surface area contributed by atoms with Gasteiger partial charge >= 0.3 is 5.97 Å². The highest BCUT2D eigenvalue weighted by Gasteiger charge is 2.29. The molecule has 0 saturated heterocycles. The van der Waals surface area contributed by atoms with Gasteiger partial charge in [0, 0.05) is 5.69 Å². The Balaban J connectivity index is 1.98. The molecule has 0 spiro atoms. The average molecular weight is 282 g/mol. The largest absolute Gasteiger partial charge is 0.459 e. The lowest BCUT2D eigenvalue weighted by Gasteiger charge is -2.33. The van der Waals surface area contributed by atoms with Crippen molar-refractivity contribution >= 4 is 23.3 Å². The highest BCUT2D eigenvalue weighted by molar-refractivity contribution is 6.33. The number of benzene rings is 1. The summed E-state index contributed by atoms with van der Waals surface area (Å²) in [7, 11) is 0. The Labute approximate surface area is 119 Å². The second-order valence-electron chi connectivity index (χ2n) is 6.01. The molecule has 0 unspecified atom stereocenters. The lowest BCUT2D eigenvalue weighted by molar-refractivity contribution is 0.00953. The highest BCUT2D eigenvalue weighted by Crippen LogP contribution is 2.36. The number of nitrogens with two attached hydrogens (primary N) is 1. The van der Waals surface area contributed by atoms with Crippen molar-refractivity contribution in [2.24, 2.45) is 5.41 Å². The summed E-state index contributed by atoms with van der Waals surface area (Å²) in [5.74, 6) is -0.352. The van der Waals surface area contributed by atoms with E-state index in [1.54, 1.807) is 18.2 Å². The predicted octanol–water partition coefficient (Wildman–Crippen LogP) is 4.05. The molecule has 0 atom stereocenters. The molecular formula is C15H20ClNO2. The van der Waals surface area contributed by atoms with Crippen molar-refractivity contribution in [1.29, 1.82) is 0 Å². The van der Waals surface area contributed by atoms with E-state index in [4.69, 9.17) is 22.1 Å². The minimum absolute atomic E-state index is 0.00847. The number of esters is 1. The molecule has 1 aromatic rings. The van der Waals surface area contributed by atoms with E-state index in [1.165, 1.54) is 0 Å². The van der Waals surface area contributed by atoms with Gasteiger partial charge in [0.05, 0.1) is 10.6 Å². The summed E-state index contributed by atoms with van der Waals surface area (Å²) in [6.45, 7) is 4.50. The van der Waals surface area contributed by atoms with Crippen molar-refractivity contribution < 1.29 is 9.53 Å². The van der Waals surface area contributed by atoms with E-state index in [1.807, 2.05) is 0 Å². The molecule has 0 aromatic heterocycles. The summed E-state index contributed by atoms with van der Waals surface area (Å²) in [6, 6.07) is 4.85. The SMILES string of the molecule is CC1(C)CCC(OC(=O)c2ccc(N)cc2Cl)CC1. The van der Waals surface area contributed by atoms with Crippen LogP contribution in [-0.2, 0) is 4.74 Å². The van der Waals surface area contributed by atoms with E-state index >= 15 is 0 Å².